The molecule has 0 aliphatic carbocycles. The van der Waals surface area contributed by atoms with Crippen LogP contribution in [0.5, 0.6) is 0 Å². The largest absolute Gasteiger partial charge is 0.389 e. The van der Waals surface area contributed by atoms with Gasteiger partial charge < -0.3 is 24.6 Å². The molecule has 4 atom stereocenters. The zero-order valence-electron chi connectivity index (χ0n) is 19.1. The molecule has 1 heterocycles. The Bertz CT molecular complexity index is 960. The molecule has 0 unspecified atom stereocenters. The summed E-state index contributed by atoms with van der Waals surface area (Å²) in [5.41, 5.74) is 3.03. The minimum Gasteiger partial charge on any atom is -0.389 e. The average Bonchev–Trinajstić information content (AvgIpc) is 2.86. The van der Waals surface area contributed by atoms with Crippen molar-refractivity contribution in [3.63, 3.8) is 0 Å². The summed E-state index contributed by atoms with van der Waals surface area (Å²) in [5.74, 6) is 0. The smallest absolute Gasteiger partial charge is 0.113 e. The molecule has 5 nitrogen and oxygen atoms in total. The fraction of sp³-hybridized carbons (Fsp3) is 0.333. The molecule has 5 heteroatoms. The van der Waals surface area contributed by atoms with Gasteiger partial charge in [-0.2, -0.15) is 0 Å². The number of piperidine rings is 1. The Morgan fingerprint density at radius 1 is 0.719 bits per heavy atom. The van der Waals surface area contributed by atoms with E-state index in [0.717, 1.165) is 16.7 Å². The van der Waals surface area contributed by atoms with Gasteiger partial charge in [-0.1, -0.05) is 91.0 Å². The second-order valence-electron chi connectivity index (χ2n) is 7.93. The summed E-state index contributed by atoms with van der Waals surface area (Å²) in [6, 6.07) is 28.2. The van der Waals surface area contributed by atoms with Gasteiger partial charge in [0, 0.05) is 6.54 Å². The van der Waals surface area contributed by atoms with Gasteiger partial charge in [0.25, 0.3) is 0 Å². The molecule has 1 aliphatic heterocycles. The first kappa shape index (κ1) is 21.3. The number of hydrogen-bond acceptors (Lipinski definition) is 5. The number of nitrogens with one attached hydrogen (secondary N) is 1. The molecule has 0 amide bonds. The highest BCUT2D eigenvalue weighted by Gasteiger charge is 2.40. The Kier molecular flexibility index (Phi) is 7.93. The molecule has 0 saturated carbocycles. The van der Waals surface area contributed by atoms with Crippen molar-refractivity contribution in [3.05, 3.63) is 108 Å². The highest BCUT2D eigenvalue weighted by Crippen LogP contribution is 2.22. The van der Waals surface area contributed by atoms with Gasteiger partial charge in [0.2, 0.25) is 0 Å². The summed E-state index contributed by atoms with van der Waals surface area (Å²) >= 11 is 0. The van der Waals surface area contributed by atoms with Crippen molar-refractivity contribution < 1.29 is 20.7 Å². The highest BCUT2D eigenvalue weighted by atomic mass is 16.6. The topological polar surface area (TPSA) is 60.0 Å². The summed E-state index contributed by atoms with van der Waals surface area (Å²) < 4.78 is 27.5. The number of aliphatic hydroxyl groups excluding tert-OH is 1. The summed E-state index contributed by atoms with van der Waals surface area (Å²) in [7, 11) is 0. The third-order valence-electron chi connectivity index (χ3n) is 5.49. The van der Waals surface area contributed by atoms with E-state index < -0.39 is 24.3 Å². The van der Waals surface area contributed by atoms with Crippen LogP contribution in [0.3, 0.4) is 0 Å². The van der Waals surface area contributed by atoms with E-state index in [-0.39, 0.29) is 13.2 Å². The van der Waals surface area contributed by atoms with Gasteiger partial charge in [-0.25, -0.2) is 0 Å². The summed E-state index contributed by atoms with van der Waals surface area (Å²) in [6.45, 7) is 1.36. The Hall–Kier alpha value is -2.54. The monoisotopic (exact) mass is 434 g/mol. The van der Waals surface area contributed by atoms with E-state index in [4.69, 9.17) is 15.6 Å². The van der Waals surface area contributed by atoms with Crippen LogP contribution in [0.25, 0.3) is 0 Å². The van der Waals surface area contributed by atoms with Gasteiger partial charge in [0.15, 0.2) is 0 Å². The van der Waals surface area contributed by atoms with Crippen molar-refractivity contribution in [1.29, 1.82) is 0 Å². The molecule has 4 rings (SSSR count). The molecule has 0 radical (unpaired) electrons. The summed E-state index contributed by atoms with van der Waals surface area (Å²) in [6.07, 6.45) is -2.21. The van der Waals surface area contributed by atoms with E-state index in [0.29, 0.717) is 19.8 Å². The molecule has 0 bridgehead atoms. The lowest BCUT2D eigenvalue weighted by molar-refractivity contribution is -0.165. The van der Waals surface area contributed by atoms with E-state index in [2.05, 4.69) is 5.32 Å². The number of rotatable bonds is 10. The van der Waals surface area contributed by atoms with Crippen LogP contribution >= 0.6 is 0 Å². The van der Waals surface area contributed by atoms with Crippen molar-refractivity contribution in [2.45, 2.75) is 44.2 Å². The van der Waals surface area contributed by atoms with Crippen molar-refractivity contribution in [2.75, 3.05) is 13.2 Å². The SMILES string of the molecule is [2H][C@@]1(COCc2ccccc2)NC[C@@H](O)[C@@H](OCc2ccccc2)[C@@H]1OCc1ccccc1. The average molecular weight is 435 g/mol. The zero-order chi connectivity index (χ0) is 22.9. The zero-order valence-corrected chi connectivity index (χ0v) is 18.1. The molecule has 32 heavy (non-hydrogen) atoms. The van der Waals surface area contributed by atoms with Crippen molar-refractivity contribution in [2.24, 2.45) is 0 Å². The van der Waals surface area contributed by atoms with Gasteiger partial charge >= 0.3 is 0 Å². The number of β-amino-alcohol motifs (C(OH)–C–C–N with tert-alkyl or cyclic N) is 1. The maximum Gasteiger partial charge on any atom is 0.113 e. The van der Waals surface area contributed by atoms with Crippen LogP contribution in [-0.2, 0) is 34.0 Å². The molecule has 2 N–H and O–H groups in total. The predicted molar refractivity (Wildman–Crippen MR) is 124 cm³/mol. The van der Waals surface area contributed by atoms with E-state index in [1.54, 1.807) is 0 Å². The lowest BCUT2D eigenvalue weighted by Crippen LogP contribution is -2.62. The van der Waals surface area contributed by atoms with E-state index in [9.17, 15) is 5.11 Å². The normalized spacial score (nSPS) is 25.9. The van der Waals surface area contributed by atoms with Crippen LogP contribution in [-0.4, -0.2) is 42.6 Å². The van der Waals surface area contributed by atoms with Crippen molar-refractivity contribution >= 4 is 0 Å². The fourth-order valence-corrected chi connectivity index (χ4v) is 3.76. The van der Waals surface area contributed by atoms with Crippen LogP contribution < -0.4 is 5.32 Å². The quantitative estimate of drug-likeness (QED) is 0.510. The van der Waals surface area contributed by atoms with E-state index >= 15 is 0 Å². The molecule has 0 aromatic heterocycles. The van der Waals surface area contributed by atoms with Crippen LogP contribution in [0.15, 0.2) is 91.0 Å². The second-order valence-corrected chi connectivity index (χ2v) is 7.93. The minimum absolute atomic E-state index is 0.0965. The van der Waals surface area contributed by atoms with Crippen LogP contribution in [0.2, 0.25) is 0 Å². The van der Waals surface area contributed by atoms with Crippen molar-refractivity contribution in [1.82, 2.24) is 5.32 Å². The fourth-order valence-electron chi connectivity index (χ4n) is 3.76. The number of ether oxygens (including phenoxy) is 3. The van der Waals surface area contributed by atoms with Crippen LogP contribution in [0.4, 0.5) is 0 Å². The van der Waals surface area contributed by atoms with Gasteiger partial charge in [-0.3, -0.25) is 0 Å². The highest BCUT2D eigenvalue weighted by molar-refractivity contribution is 5.15. The molecule has 3 aromatic carbocycles. The first-order valence-corrected chi connectivity index (χ1v) is 11.0. The third kappa shape index (κ3) is 6.48. The Balaban J connectivity index is 1.48. The van der Waals surface area contributed by atoms with Crippen LogP contribution in [0, 0.1) is 0 Å². The van der Waals surface area contributed by atoms with Crippen molar-refractivity contribution in [3.8, 4) is 0 Å². The molecule has 3 aromatic rings. The number of hydrogen-bond donors (Lipinski definition) is 2. The minimum atomic E-state index is -1.27. The van der Waals surface area contributed by atoms with Gasteiger partial charge in [0.05, 0.1) is 39.9 Å². The maximum absolute atomic E-state index is 10.8. The maximum atomic E-state index is 10.8. The molecule has 168 valence electrons. The van der Waals surface area contributed by atoms with Gasteiger partial charge in [-0.05, 0) is 16.7 Å². The molecule has 0 spiro atoms. The van der Waals surface area contributed by atoms with Gasteiger partial charge in [-0.15, -0.1) is 0 Å². The van der Waals surface area contributed by atoms with E-state index in [1.165, 1.54) is 0 Å². The van der Waals surface area contributed by atoms with E-state index in [1.807, 2.05) is 91.0 Å². The Morgan fingerprint density at radius 2 is 1.19 bits per heavy atom. The first-order chi connectivity index (χ1) is 16.1. The molecule has 1 saturated heterocycles. The lowest BCUT2D eigenvalue weighted by Gasteiger charge is -2.41. The standard InChI is InChI=1S/C27H31NO4/c29-25-16-28-24(20-30-17-21-10-4-1-5-11-21)26(31-18-22-12-6-2-7-13-22)27(25)32-19-23-14-8-3-9-15-23/h1-15,24-29H,16-20H2/t24-,25+,26+,27+/m0/s1/i24D. The number of aliphatic hydroxyl groups is 1. The second kappa shape index (κ2) is 11.9. The Labute approximate surface area is 191 Å². The third-order valence-corrected chi connectivity index (χ3v) is 5.49. The predicted octanol–water partition coefficient (Wildman–Crippen LogP) is 3.71. The molecular weight excluding hydrogens is 402 g/mol. The van der Waals surface area contributed by atoms with Crippen LogP contribution in [0.1, 0.15) is 18.1 Å². The van der Waals surface area contributed by atoms with Gasteiger partial charge in [0.1, 0.15) is 12.2 Å². The first-order valence-electron chi connectivity index (χ1n) is 11.5. The molecule has 1 fully saturated rings. The molecular formula is C27H31NO4. The summed E-state index contributed by atoms with van der Waals surface area (Å²) in [4.78, 5) is 0. The lowest BCUT2D eigenvalue weighted by atomic mass is 9.95. The number of benzene rings is 3. The summed E-state index contributed by atoms with van der Waals surface area (Å²) in [5, 5.41) is 13.9. The Morgan fingerprint density at radius 3 is 1.72 bits per heavy atom. The molecule has 1 aliphatic rings.